The highest BCUT2D eigenvalue weighted by atomic mass is 15.1. The van der Waals surface area contributed by atoms with E-state index in [2.05, 4.69) is 36.1 Å². The standard InChI is InChI=1S/C13H20N2/c1-2-11-7-8-15(10-11)13-5-3-12(9-14)4-6-13/h3-6,11H,2,7-10,14H2,1H3. The third-order valence-corrected chi connectivity index (χ3v) is 3.40. The number of hydrogen-bond donors (Lipinski definition) is 1. The number of benzene rings is 1. The third kappa shape index (κ3) is 2.32. The van der Waals surface area contributed by atoms with Crippen molar-refractivity contribution in [1.82, 2.24) is 0 Å². The third-order valence-electron chi connectivity index (χ3n) is 3.40. The molecule has 0 aromatic heterocycles. The zero-order chi connectivity index (χ0) is 10.7. The minimum Gasteiger partial charge on any atom is -0.371 e. The Bertz CT molecular complexity index is 305. The van der Waals surface area contributed by atoms with Crippen LogP contribution >= 0.6 is 0 Å². The van der Waals surface area contributed by atoms with Crippen LogP contribution in [0.4, 0.5) is 5.69 Å². The lowest BCUT2D eigenvalue weighted by Crippen LogP contribution is -2.19. The summed E-state index contributed by atoms with van der Waals surface area (Å²) in [5.74, 6) is 0.888. The maximum absolute atomic E-state index is 5.58. The lowest BCUT2D eigenvalue weighted by Gasteiger charge is -2.18. The summed E-state index contributed by atoms with van der Waals surface area (Å²) in [5.41, 5.74) is 8.15. The van der Waals surface area contributed by atoms with Crippen molar-refractivity contribution in [3.8, 4) is 0 Å². The lowest BCUT2D eigenvalue weighted by molar-refractivity contribution is 0.569. The van der Waals surface area contributed by atoms with E-state index in [9.17, 15) is 0 Å². The summed E-state index contributed by atoms with van der Waals surface area (Å²) in [4.78, 5) is 2.48. The number of anilines is 1. The van der Waals surface area contributed by atoms with E-state index in [1.54, 1.807) is 0 Å². The van der Waals surface area contributed by atoms with E-state index in [1.165, 1.54) is 37.2 Å². The molecule has 1 fully saturated rings. The number of nitrogens with zero attached hydrogens (tertiary/aromatic N) is 1. The summed E-state index contributed by atoms with van der Waals surface area (Å²) in [6.45, 7) is 5.35. The Morgan fingerprint density at radius 1 is 1.33 bits per heavy atom. The van der Waals surface area contributed by atoms with Crippen molar-refractivity contribution in [1.29, 1.82) is 0 Å². The van der Waals surface area contributed by atoms with E-state index < -0.39 is 0 Å². The zero-order valence-corrected chi connectivity index (χ0v) is 9.45. The average molecular weight is 204 g/mol. The van der Waals surface area contributed by atoms with Gasteiger partial charge in [0.15, 0.2) is 0 Å². The van der Waals surface area contributed by atoms with Gasteiger partial charge in [0.2, 0.25) is 0 Å². The van der Waals surface area contributed by atoms with Gasteiger partial charge in [-0.15, -0.1) is 0 Å². The molecule has 0 aliphatic carbocycles. The van der Waals surface area contributed by atoms with Crippen LogP contribution in [0, 0.1) is 5.92 Å². The monoisotopic (exact) mass is 204 g/mol. The number of rotatable bonds is 3. The van der Waals surface area contributed by atoms with E-state index in [0.717, 1.165) is 5.92 Å². The maximum atomic E-state index is 5.58. The molecule has 1 atom stereocenters. The molecule has 2 rings (SSSR count). The molecule has 1 aliphatic heterocycles. The fourth-order valence-electron chi connectivity index (χ4n) is 2.24. The zero-order valence-electron chi connectivity index (χ0n) is 9.45. The van der Waals surface area contributed by atoms with Gasteiger partial charge in [0, 0.05) is 25.3 Å². The Kier molecular flexibility index (Phi) is 3.27. The molecule has 0 amide bonds. The number of nitrogens with two attached hydrogens (primary N) is 1. The Hall–Kier alpha value is -1.02. The van der Waals surface area contributed by atoms with Gasteiger partial charge in [-0.3, -0.25) is 0 Å². The quantitative estimate of drug-likeness (QED) is 0.819. The van der Waals surface area contributed by atoms with Crippen molar-refractivity contribution in [3.63, 3.8) is 0 Å². The first-order valence-electron chi connectivity index (χ1n) is 5.87. The van der Waals surface area contributed by atoms with Crippen LogP contribution < -0.4 is 10.6 Å². The fourth-order valence-corrected chi connectivity index (χ4v) is 2.24. The van der Waals surface area contributed by atoms with Crippen LogP contribution in [0.15, 0.2) is 24.3 Å². The van der Waals surface area contributed by atoms with E-state index in [0.29, 0.717) is 6.54 Å². The van der Waals surface area contributed by atoms with E-state index >= 15 is 0 Å². The van der Waals surface area contributed by atoms with Gasteiger partial charge in [0.1, 0.15) is 0 Å². The molecule has 2 nitrogen and oxygen atoms in total. The highest BCUT2D eigenvalue weighted by Gasteiger charge is 2.20. The minimum absolute atomic E-state index is 0.637. The van der Waals surface area contributed by atoms with Gasteiger partial charge in [0.25, 0.3) is 0 Å². The molecule has 0 radical (unpaired) electrons. The first-order valence-corrected chi connectivity index (χ1v) is 5.87. The Balaban J connectivity index is 2.04. The van der Waals surface area contributed by atoms with Gasteiger partial charge in [0.05, 0.1) is 0 Å². The summed E-state index contributed by atoms with van der Waals surface area (Å²) >= 11 is 0. The molecule has 2 N–H and O–H groups in total. The van der Waals surface area contributed by atoms with Crippen LogP contribution in [0.25, 0.3) is 0 Å². The summed E-state index contributed by atoms with van der Waals surface area (Å²) < 4.78 is 0. The molecule has 1 unspecified atom stereocenters. The summed E-state index contributed by atoms with van der Waals surface area (Å²) in [6, 6.07) is 8.66. The predicted octanol–water partition coefficient (Wildman–Crippen LogP) is 2.38. The van der Waals surface area contributed by atoms with E-state index in [-0.39, 0.29) is 0 Å². The van der Waals surface area contributed by atoms with Crippen molar-refractivity contribution in [2.24, 2.45) is 11.7 Å². The normalized spacial score (nSPS) is 20.9. The van der Waals surface area contributed by atoms with Crippen LogP contribution in [0.2, 0.25) is 0 Å². The van der Waals surface area contributed by atoms with Crippen LogP contribution in [-0.2, 0) is 6.54 Å². The Labute approximate surface area is 92.1 Å². The lowest BCUT2D eigenvalue weighted by atomic mass is 10.1. The topological polar surface area (TPSA) is 29.3 Å². The second kappa shape index (κ2) is 4.67. The fraction of sp³-hybridized carbons (Fsp3) is 0.538. The van der Waals surface area contributed by atoms with Gasteiger partial charge in [-0.1, -0.05) is 25.5 Å². The largest absolute Gasteiger partial charge is 0.371 e. The van der Waals surface area contributed by atoms with E-state index in [1.807, 2.05) is 0 Å². The van der Waals surface area contributed by atoms with Crippen LogP contribution in [0.1, 0.15) is 25.3 Å². The van der Waals surface area contributed by atoms with Gasteiger partial charge in [-0.25, -0.2) is 0 Å². The molecular weight excluding hydrogens is 184 g/mol. The molecule has 0 saturated carbocycles. The van der Waals surface area contributed by atoms with Crippen LogP contribution in [0.5, 0.6) is 0 Å². The van der Waals surface area contributed by atoms with Gasteiger partial charge >= 0.3 is 0 Å². The SMILES string of the molecule is CCC1CCN(c2ccc(CN)cc2)C1. The van der Waals surface area contributed by atoms with Gasteiger partial charge < -0.3 is 10.6 Å². The molecule has 1 aliphatic rings. The number of hydrogen-bond acceptors (Lipinski definition) is 2. The summed E-state index contributed by atoms with van der Waals surface area (Å²) in [7, 11) is 0. The average Bonchev–Trinajstić information content (AvgIpc) is 2.78. The molecule has 0 bridgehead atoms. The molecule has 1 aromatic carbocycles. The Morgan fingerprint density at radius 2 is 2.07 bits per heavy atom. The van der Waals surface area contributed by atoms with E-state index in [4.69, 9.17) is 5.73 Å². The van der Waals surface area contributed by atoms with Crippen LogP contribution in [0.3, 0.4) is 0 Å². The molecule has 82 valence electrons. The van der Waals surface area contributed by atoms with Crippen molar-refractivity contribution < 1.29 is 0 Å². The van der Waals surface area contributed by atoms with Crippen LogP contribution in [-0.4, -0.2) is 13.1 Å². The first-order chi connectivity index (χ1) is 7.33. The van der Waals surface area contributed by atoms with Crippen molar-refractivity contribution in [3.05, 3.63) is 29.8 Å². The molecule has 0 spiro atoms. The highest BCUT2D eigenvalue weighted by Crippen LogP contribution is 2.25. The molecular formula is C13H20N2. The molecule has 1 saturated heterocycles. The molecule has 15 heavy (non-hydrogen) atoms. The maximum Gasteiger partial charge on any atom is 0.0366 e. The summed E-state index contributed by atoms with van der Waals surface area (Å²) in [6.07, 6.45) is 2.65. The first kappa shape index (κ1) is 10.5. The second-order valence-corrected chi connectivity index (χ2v) is 4.38. The molecule has 1 aromatic rings. The van der Waals surface area contributed by atoms with Gasteiger partial charge in [-0.2, -0.15) is 0 Å². The summed E-state index contributed by atoms with van der Waals surface area (Å²) in [5, 5.41) is 0. The highest BCUT2D eigenvalue weighted by molar-refractivity contribution is 5.48. The van der Waals surface area contributed by atoms with Gasteiger partial charge in [-0.05, 0) is 30.0 Å². The molecule has 2 heteroatoms. The van der Waals surface area contributed by atoms with Crippen molar-refractivity contribution in [2.45, 2.75) is 26.3 Å². The predicted molar refractivity (Wildman–Crippen MR) is 64.9 cm³/mol. The Morgan fingerprint density at radius 3 is 2.60 bits per heavy atom. The van der Waals surface area contributed by atoms with Crippen molar-refractivity contribution in [2.75, 3.05) is 18.0 Å². The molecule has 1 heterocycles. The smallest absolute Gasteiger partial charge is 0.0366 e. The second-order valence-electron chi connectivity index (χ2n) is 4.38. The minimum atomic E-state index is 0.637. The van der Waals surface area contributed by atoms with Crippen molar-refractivity contribution >= 4 is 5.69 Å².